The van der Waals surface area contributed by atoms with Gasteiger partial charge in [-0.15, -0.1) is 0 Å². The molecule has 0 aliphatic carbocycles. The third-order valence-electron chi connectivity index (χ3n) is 5.25. The molecule has 1 aromatic heterocycles. The maximum atomic E-state index is 14.7. The summed E-state index contributed by atoms with van der Waals surface area (Å²) in [6.45, 7) is 4.53. The van der Waals surface area contributed by atoms with Crippen molar-refractivity contribution in [2.24, 2.45) is 0 Å². The Morgan fingerprint density at radius 2 is 2.04 bits per heavy atom. The second kappa shape index (κ2) is 7.60. The molecule has 1 N–H and O–H groups in total. The Morgan fingerprint density at radius 1 is 1.21 bits per heavy atom. The fourth-order valence-corrected chi connectivity index (χ4v) is 4.18. The first-order valence-corrected chi connectivity index (χ1v) is 9.85. The number of benzene rings is 2. The van der Waals surface area contributed by atoms with Crippen LogP contribution in [-0.2, 0) is 6.54 Å². The number of nitrogens with one attached hydrogen (secondary N) is 1. The number of hydrogen-bond donors (Lipinski definition) is 1. The number of aromatic nitrogens is 3. The fourth-order valence-electron chi connectivity index (χ4n) is 3.80. The predicted molar refractivity (Wildman–Crippen MR) is 107 cm³/mol. The first-order valence-electron chi connectivity index (χ1n) is 9.06. The third-order valence-corrected chi connectivity index (χ3v) is 5.74. The minimum Gasteiger partial charge on any atom is -0.304 e. The van der Waals surface area contributed by atoms with Gasteiger partial charge in [-0.25, -0.2) is 19.2 Å². The summed E-state index contributed by atoms with van der Waals surface area (Å²) in [5.41, 5.74) is 6.14. The average molecular weight is 448 g/mol. The molecule has 0 bridgehead atoms. The molecule has 0 radical (unpaired) electrons. The van der Waals surface area contributed by atoms with Crippen molar-refractivity contribution in [1.82, 2.24) is 20.2 Å². The Labute approximate surface area is 170 Å². The first kappa shape index (κ1) is 19.0. The lowest BCUT2D eigenvalue weighted by atomic mass is 9.91. The van der Waals surface area contributed by atoms with E-state index in [1.165, 1.54) is 24.0 Å². The van der Waals surface area contributed by atoms with Gasteiger partial charge >= 0.3 is 0 Å². The van der Waals surface area contributed by atoms with Crippen molar-refractivity contribution in [2.45, 2.75) is 38.4 Å². The average Bonchev–Trinajstić information content (AvgIpc) is 3.28. The zero-order chi connectivity index (χ0) is 19.8. The van der Waals surface area contributed by atoms with Crippen LogP contribution in [0, 0.1) is 11.6 Å². The SMILES string of the molecule is CC1NN([C@H](C)[C@@H](Cn2cncn2)c2ccc(F)cc2F)c2ccc(Br)cc21. The molecule has 4 rings (SSSR count). The molecule has 0 saturated heterocycles. The molecule has 5 nitrogen and oxygen atoms in total. The smallest absolute Gasteiger partial charge is 0.137 e. The summed E-state index contributed by atoms with van der Waals surface area (Å²) in [5.74, 6) is -1.42. The quantitative estimate of drug-likeness (QED) is 0.621. The molecule has 28 heavy (non-hydrogen) atoms. The number of nitrogens with zero attached hydrogens (tertiary/aromatic N) is 4. The van der Waals surface area contributed by atoms with Gasteiger partial charge in [-0.3, -0.25) is 4.68 Å². The zero-order valence-corrected chi connectivity index (χ0v) is 17.1. The highest BCUT2D eigenvalue weighted by molar-refractivity contribution is 9.10. The zero-order valence-electron chi connectivity index (χ0n) is 15.5. The van der Waals surface area contributed by atoms with E-state index in [0.717, 1.165) is 16.2 Å². The van der Waals surface area contributed by atoms with E-state index in [0.29, 0.717) is 12.1 Å². The molecular formula is C20H20BrF2N5. The second-order valence-corrected chi connectivity index (χ2v) is 7.97. The Morgan fingerprint density at radius 3 is 2.75 bits per heavy atom. The van der Waals surface area contributed by atoms with E-state index in [9.17, 15) is 8.78 Å². The van der Waals surface area contributed by atoms with E-state index < -0.39 is 11.6 Å². The van der Waals surface area contributed by atoms with Crippen LogP contribution in [0.2, 0.25) is 0 Å². The molecule has 0 amide bonds. The van der Waals surface area contributed by atoms with Gasteiger partial charge in [0.25, 0.3) is 0 Å². The molecule has 3 atom stereocenters. The number of rotatable bonds is 5. The van der Waals surface area contributed by atoms with Gasteiger partial charge in [-0.2, -0.15) is 5.10 Å². The van der Waals surface area contributed by atoms with Crippen molar-refractivity contribution < 1.29 is 8.78 Å². The molecule has 1 aliphatic heterocycles. The second-order valence-electron chi connectivity index (χ2n) is 7.05. The summed E-state index contributed by atoms with van der Waals surface area (Å²) in [7, 11) is 0. The number of halogens is 3. The van der Waals surface area contributed by atoms with Crippen molar-refractivity contribution in [1.29, 1.82) is 0 Å². The van der Waals surface area contributed by atoms with Gasteiger partial charge in [-0.05, 0) is 49.2 Å². The van der Waals surface area contributed by atoms with Crippen molar-refractivity contribution in [3.63, 3.8) is 0 Å². The molecule has 2 heterocycles. The lowest BCUT2D eigenvalue weighted by Gasteiger charge is -2.34. The van der Waals surface area contributed by atoms with E-state index in [-0.39, 0.29) is 18.0 Å². The van der Waals surface area contributed by atoms with Crippen LogP contribution in [0.25, 0.3) is 0 Å². The minimum absolute atomic E-state index is 0.125. The lowest BCUT2D eigenvalue weighted by molar-refractivity contribution is 0.395. The molecule has 146 valence electrons. The number of hydrogen-bond acceptors (Lipinski definition) is 4. The Bertz CT molecular complexity index is 979. The first-order chi connectivity index (χ1) is 13.4. The normalized spacial score (nSPS) is 18.2. The summed E-state index contributed by atoms with van der Waals surface area (Å²) in [4.78, 5) is 3.98. The van der Waals surface area contributed by atoms with Crippen LogP contribution in [0.4, 0.5) is 14.5 Å². The van der Waals surface area contributed by atoms with E-state index >= 15 is 0 Å². The van der Waals surface area contributed by atoms with E-state index in [1.54, 1.807) is 11.0 Å². The van der Waals surface area contributed by atoms with Gasteiger partial charge in [0.2, 0.25) is 0 Å². The highest BCUT2D eigenvalue weighted by Crippen LogP contribution is 2.39. The molecule has 3 aromatic rings. The van der Waals surface area contributed by atoms with Crippen LogP contribution in [0.15, 0.2) is 53.5 Å². The van der Waals surface area contributed by atoms with Gasteiger partial charge in [0, 0.05) is 16.5 Å². The van der Waals surface area contributed by atoms with Crippen LogP contribution in [0.1, 0.15) is 36.9 Å². The van der Waals surface area contributed by atoms with Crippen LogP contribution in [0.3, 0.4) is 0 Å². The van der Waals surface area contributed by atoms with Crippen molar-refractivity contribution in [2.75, 3.05) is 5.01 Å². The molecule has 2 aromatic carbocycles. The minimum atomic E-state index is -0.587. The van der Waals surface area contributed by atoms with Crippen LogP contribution in [0.5, 0.6) is 0 Å². The fraction of sp³-hybridized carbons (Fsp3) is 0.300. The van der Waals surface area contributed by atoms with Gasteiger partial charge < -0.3 is 5.01 Å². The van der Waals surface area contributed by atoms with E-state index in [2.05, 4.69) is 49.4 Å². The molecular weight excluding hydrogens is 428 g/mol. The van der Waals surface area contributed by atoms with Gasteiger partial charge in [0.1, 0.15) is 24.3 Å². The van der Waals surface area contributed by atoms with Crippen LogP contribution in [-0.4, -0.2) is 20.8 Å². The predicted octanol–water partition coefficient (Wildman–Crippen LogP) is 4.58. The standard InChI is InChI=1S/C20H20BrF2N5/c1-12-17-7-14(21)3-6-20(17)28(26-12)13(2)18(9-27-11-24-10-25-27)16-5-4-15(22)8-19(16)23/h3-8,10-13,18,26H,9H2,1-2H3/t12?,13-,18-/m1/s1. The van der Waals surface area contributed by atoms with Gasteiger partial charge in [0.05, 0.1) is 24.3 Å². The highest BCUT2D eigenvalue weighted by atomic mass is 79.9. The van der Waals surface area contributed by atoms with E-state index in [1.807, 2.05) is 19.1 Å². The summed E-state index contributed by atoms with van der Waals surface area (Å²) >= 11 is 3.52. The van der Waals surface area contributed by atoms with Crippen molar-refractivity contribution in [3.05, 3.63) is 76.3 Å². The lowest BCUT2D eigenvalue weighted by Crippen LogP contribution is -2.45. The van der Waals surface area contributed by atoms with Gasteiger partial charge in [0.15, 0.2) is 0 Å². The summed E-state index contributed by atoms with van der Waals surface area (Å²) in [5, 5.41) is 6.24. The summed E-state index contributed by atoms with van der Waals surface area (Å²) < 4.78 is 30.8. The highest BCUT2D eigenvalue weighted by Gasteiger charge is 2.34. The molecule has 8 heteroatoms. The largest absolute Gasteiger partial charge is 0.304 e. The Balaban J connectivity index is 1.72. The van der Waals surface area contributed by atoms with E-state index in [4.69, 9.17) is 0 Å². The van der Waals surface area contributed by atoms with Crippen LogP contribution >= 0.6 is 15.9 Å². The topological polar surface area (TPSA) is 46.0 Å². The monoisotopic (exact) mass is 447 g/mol. The third kappa shape index (κ3) is 3.54. The molecule has 1 aliphatic rings. The summed E-state index contributed by atoms with van der Waals surface area (Å²) in [6, 6.07) is 9.86. The molecule has 0 spiro atoms. The van der Waals surface area contributed by atoms with Crippen LogP contribution < -0.4 is 10.4 Å². The van der Waals surface area contributed by atoms with Crippen molar-refractivity contribution in [3.8, 4) is 0 Å². The maximum absolute atomic E-state index is 14.7. The Kier molecular flexibility index (Phi) is 5.16. The molecule has 0 saturated carbocycles. The number of hydrazine groups is 1. The maximum Gasteiger partial charge on any atom is 0.137 e. The van der Waals surface area contributed by atoms with Gasteiger partial charge in [-0.1, -0.05) is 22.0 Å². The number of fused-ring (bicyclic) bond motifs is 1. The molecule has 0 fully saturated rings. The molecule has 1 unspecified atom stereocenters. The number of anilines is 1. The van der Waals surface area contributed by atoms with Crippen molar-refractivity contribution >= 4 is 21.6 Å². The summed E-state index contributed by atoms with van der Waals surface area (Å²) in [6.07, 6.45) is 3.05. The Hall–Kier alpha value is -2.32.